The van der Waals surface area contributed by atoms with Crippen molar-refractivity contribution < 1.29 is 9.47 Å². The molecule has 0 radical (unpaired) electrons. The lowest BCUT2D eigenvalue weighted by atomic mass is 10.1. The molecular weight excluding hydrogens is 334 g/mol. The van der Waals surface area contributed by atoms with Gasteiger partial charge in [-0.1, -0.05) is 19.1 Å². The molecule has 1 aromatic heterocycles. The molecule has 6 heteroatoms. The molecule has 5 nitrogen and oxygen atoms in total. The number of aliphatic imine (C=N–C) groups is 1. The Balaban J connectivity index is 1.52. The van der Waals surface area contributed by atoms with Crippen LogP contribution in [0.15, 0.2) is 40.7 Å². The summed E-state index contributed by atoms with van der Waals surface area (Å²) in [4.78, 5) is 5.68. The van der Waals surface area contributed by atoms with Crippen LogP contribution in [0.25, 0.3) is 0 Å². The first-order valence-corrected chi connectivity index (χ1v) is 9.50. The second kappa shape index (κ2) is 8.76. The number of guanidine groups is 1. The Morgan fingerprint density at radius 3 is 2.80 bits per heavy atom. The van der Waals surface area contributed by atoms with Crippen molar-refractivity contribution in [3.8, 4) is 11.5 Å². The highest BCUT2D eigenvalue weighted by atomic mass is 32.1. The maximum Gasteiger partial charge on any atom is 0.191 e. The third-order valence-electron chi connectivity index (χ3n) is 4.10. The monoisotopic (exact) mass is 359 g/mol. The van der Waals surface area contributed by atoms with Crippen molar-refractivity contribution in [2.75, 3.05) is 26.8 Å². The van der Waals surface area contributed by atoms with Gasteiger partial charge in [0.1, 0.15) is 0 Å². The maximum atomic E-state index is 5.75. The molecule has 0 saturated carbocycles. The molecule has 0 spiro atoms. The topological polar surface area (TPSA) is 54.9 Å². The molecule has 2 N–H and O–H groups in total. The van der Waals surface area contributed by atoms with Gasteiger partial charge in [-0.2, -0.15) is 0 Å². The Morgan fingerprint density at radius 2 is 2.04 bits per heavy atom. The van der Waals surface area contributed by atoms with Gasteiger partial charge in [-0.25, -0.2) is 0 Å². The van der Waals surface area contributed by atoms with E-state index in [9.17, 15) is 0 Å². The highest BCUT2D eigenvalue weighted by Crippen LogP contribution is 2.30. The molecule has 0 bridgehead atoms. The van der Waals surface area contributed by atoms with E-state index in [-0.39, 0.29) is 0 Å². The minimum atomic E-state index is 0.455. The van der Waals surface area contributed by atoms with Crippen molar-refractivity contribution >= 4 is 17.3 Å². The van der Waals surface area contributed by atoms with E-state index in [0.717, 1.165) is 36.0 Å². The van der Waals surface area contributed by atoms with Gasteiger partial charge in [0.25, 0.3) is 0 Å². The predicted octanol–water partition coefficient (Wildman–Crippen LogP) is 3.38. The van der Waals surface area contributed by atoms with Gasteiger partial charge in [0, 0.05) is 37.4 Å². The third-order valence-corrected chi connectivity index (χ3v) is 5.20. The fraction of sp³-hybridized carbons (Fsp3) is 0.421. The van der Waals surface area contributed by atoms with Gasteiger partial charge in [0.05, 0.1) is 13.2 Å². The van der Waals surface area contributed by atoms with Gasteiger partial charge < -0.3 is 20.1 Å². The van der Waals surface area contributed by atoms with E-state index in [1.165, 1.54) is 4.88 Å². The summed E-state index contributed by atoms with van der Waals surface area (Å²) in [6, 6.07) is 10.3. The predicted molar refractivity (Wildman–Crippen MR) is 103 cm³/mol. The van der Waals surface area contributed by atoms with Crippen molar-refractivity contribution in [3.63, 3.8) is 0 Å². The van der Waals surface area contributed by atoms with Gasteiger partial charge in [-0.3, -0.25) is 4.99 Å². The van der Waals surface area contributed by atoms with Crippen LogP contribution in [-0.4, -0.2) is 32.8 Å². The number of benzene rings is 1. The number of nitrogens with one attached hydrogen (secondary N) is 2. The van der Waals surface area contributed by atoms with Crippen LogP contribution in [0.5, 0.6) is 11.5 Å². The number of ether oxygens (including phenoxy) is 2. The summed E-state index contributed by atoms with van der Waals surface area (Å²) in [5.41, 5.74) is 1.14. The summed E-state index contributed by atoms with van der Waals surface area (Å²) in [6.07, 6.45) is 0.918. The fourth-order valence-electron chi connectivity index (χ4n) is 2.65. The molecule has 1 atom stereocenters. The molecule has 1 unspecified atom stereocenters. The zero-order chi connectivity index (χ0) is 17.5. The van der Waals surface area contributed by atoms with E-state index in [0.29, 0.717) is 25.7 Å². The highest BCUT2D eigenvalue weighted by Gasteiger charge is 2.11. The van der Waals surface area contributed by atoms with E-state index in [1.54, 1.807) is 18.4 Å². The Bertz CT molecular complexity index is 701. The molecule has 0 amide bonds. The Hall–Kier alpha value is -2.21. The average molecular weight is 359 g/mol. The molecule has 134 valence electrons. The van der Waals surface area contributed by atoms with Crippen LogP contribution in [0.3, 0.4) is 0 Å². The quantitative estimate of drug-likeness (QED) is 0.635. The van der Waals surface area contributed by atoms with Crippen LogP contribution >= 0.6 is 11.3 Å². The molecule has 0 saturated heterocycles. The highest BCUT2D eigenvalue weighted by molar-refractivity contribution is 7.10. The second-order valence-corrected chi connectivity index (χ2v) is 7.03. The van der Waals surface area contributed by atoms with Crippen LogP contribution in [0, 0.1) is 0 Å². The molecule has 1 aliphatic heterocycles. The molecule has 2 aromatic rings. The number of hydrogen-bond acceptors (Lipinski definition) is 4. The lowest BCUT2D eigenvalue weighted by molar-refractivity contribution is 0.297. The number of hydrogen-bond donors (Lipinski definition) is 2. The molecular formula is C19H25N3O2S. The number of nitrogens with zero attached hydrogens (tertiary/aromatic N) is 1. The summed E-state index contributed by atoms with van der Waals surface area (Å²) in [5, 5.41) is 8.86. The van der Waals surface area contributed by atoms with Crippen LogP contribution in [0.2, 0.25) is 0 Å². The van der Waals surface area contributed by atoms with E-state index >= 15 is 0 Å². The number of thiophene rings is 1. The molecule has 0 aliphatic carbocycles. The molecule has 2 heterocycles. The maximum absolute atomic E-state index is 5.75. The van der Waals surface area contributed by atoms with Crippen molar-refractivity contribution in [1.29, 1.82) is 0 Å². The standard InChI is InChI=1S/C19H25N3O2S/c1-14(18-5-3-10-25-18)12-21-19(20-2)22-13-15-6-7-16-17(11-15)24-9-4-8-23-16/h3,5-7,10-11,14H,4,8-9,12-13H2,1-2H3,(H2,20,21,22). The Labute approximate surface area is 153 Å². The average Bonchev–Trinajstić information content (AvgIpc) is 3.07. The lowest BCUT2D eigenvalue weighted by Gasteiger charge is -2.16. The van der Waals surface area contributed by atoms with Crippen LogP contribution in [0.4, 0.5) is 0 Å². The molecule has 25 heavy (non-hydrogen) atoms. The van der Waals surface area contributed by atoms with Crippen LogP contribution < -0.4 is 20.1 Å². The molecule has 0 fully saturated rings. The summed E-state index contributed by atoms with van der Waals surface area (Å²) in [7, 11) is 1.79. The zero-order valence-corrected chi connectivity index (χ0v) is 15.6. The van der Waals surface area contributed by atoms with E-state index < -0.39 is 0 Å². The molecule has 3 rings (SSSR count). The minimum absolute atomic E-state index is 0.455. The number of fused-ring (bicyclic) bond motifs is 1. The van der Waals surface area contributed by atoms with Gasteiger partial charge in [-0.15, -0.1) is 11.3 Å². The minimum Gasteiger partial charge on any atom is -0.490 e. The summed E-state index contributed by atoms with van der Waals surface area (Å²) < 4.78 is 11.4. The summed E-state index contributed by atoms with van der Waals surface area (Å²) in [5.74, 6) is 2.91. The van der Waals surface area contributed by atoms with Gasteiger partial charge in [-0.05, 0) is 29.1 Å². The second-order valence-electron chi connectivity index (χ2n) is 6.05. The largest absolute Gasteiger partial charge is 0.490 e. The van der Waals surface area contributed by atoms with Gasteiger partial charge >= 0.3 is 0 Å². The van der Waals surface area contributed by atoms with Gasteiger partial charge in [0.2, 0.25) is 0 Å². The van der Waals surface area contributed by atoms with Crippen molar-refractivity contribution in [3.05, 3.63) is 46.2 Å². The van der Waals surface area contributed by atoms with Crippen LogP contribution in [0.1, 0.15) is 29.7 Å². The van der Waals surface area contributed by atoms with E-state index in [1.807, 2.05) is 12.1 Å². The van der Waals surface area contributed by atoms with Crippen molar-refractivity contribution in [2.45, 2.75) is 25.8 Å². The first-order chi connectivity index (χ1) is 12.3. The Kier molecular flexibility index (Phi) is 6.17. The smallest absolute Gasteiger partial charge is 0.191 e. The van der Waals surface area contributed by atoms with E-state index in [4.69, 9.17) is 9.47 Å². The third kappa shape index (κ3) is 4.89. The lowest BCUT2D eigenvalue weighted by Crippen LogP contribution is -2.38. The van der Waals surface area contributed by atoms with Crippen LogP contribution in [-0.2, 0) is 6.54 Å². The first kappa shape index (κ1) is 17.6. The molecule has 1 aliphatic rings. The zero-order valence-electron chi connectivity index (χ0n) is 14.7. The SMILES string of the molecule is CN=C(NCc1ccc2c(c1)OCCCO2)NCC(C)c1cccs1. The van der Waals surface area contributed by atoms with E-state index in [2.05, 4.69) is 46.1 Å². The Morgan fingerprint density at radius 1 is 1.20 bits per heavy atom. The van der Waals surface area contributed by atoms with Crippen molar-refractivity contribution in [1.82, 2.24) is 10.6 Å². The van der Waals surface area contributed by atoms with Crippen molar-refractivity contribution in [2.24, 2.45) is 4.99 Å². The number of rotatable bonds is 5. The summed E-state index contributed by atoms with van der Waals surface area (Å²) >= 11 is 1.79. The first-order valence-electron chi connectivity index (χ1n) is 8.62. The summed E-state index contributed by atoms with van der Waals surface area (Å²) in [6.45, 7) is 5.16. The fourth-order valence-corrected chi connectivity index (χ4v) is 3.43. The normalized spacial score (nSPS) is 15.4. The van der Waals surface area contributed by atoms with Gasteiger partial charge in [0.15, 0.2) is 17.5 Å². The molecule has 1 aromatic carbocycles.